The maximum Gasteiger partial charge on any atom is 0.259 e. The minimum Gasteiger partial charge on any atom is -0.483 e. The van der Waals surface area contributed by atoms with Gasteiger partial charge in [0.25, 0.3) is 5.91 Å². The molecule has 1 amide bonds. The first-order chi connectivity index (χ1) is 11.2. The van der Waals surface area contributed by atoms with Crippen LogP contribution < -0.4 is 10.1 Å². The van der Waals surface area contributed by atoms with Gasteiger partial charge in [0, 0.05) is 5.39 Å². The zero-order valence-corrected chi connectivity index (χ0v) is 13.0. The molecular weight excluding hydrogens is 288 g/mol. The monoisotopic (exact) mass is 308 g/mol. The standard InChI is InChI=1S/C19H20N2O2/c20-14-19(11-4-1-5-12-19)21-18(22)13-23-17-10-6-8-15-7-2-3-9-16(15)17/h2-3,6-10H,1,4-5,11-13H2,(H,21,22). The molecule has 0 atom stereocenters. The molecule has 0 aromatic heterocycles. The quantitative estimate of drug-likeness (QED) is 0.939. The predicted molar refractivity (Wildman–Crippen MR) is 89.0 cm³/mol. The molecule has 1 aliphatic rings. The molecule has 1 N–H and O–H groups in total. The van der Waals surface area contributed by atoms with E-state index >= 15 is 0 Å². The summed E-state index contributed by atoms with van der Waals surface area (Å²) in [5, 5.41) is 14.3. The van der Waals surface area contributed by atoms with Gasteiger partial charge in [-0.3, -0.25) is 4.79 Å². The molecule has 2 aromatic rings. The molecule has 0 unspecified atom stereocenters. The largest absolute Gasteiger partial charge is 0.483 e. The van der Waals surface area contributed by atoms with Crippen LogP contribution >= 0.6 is 0 Å². The third-order valence-electron chi connectivity index (χ3n) is 4.41. The summed E-state index contributed by atoms with van der Waals surface area (Å²) in [6, 6.07) is 16.0. The lowest BCUT2D eigenvalue weighted by molar-refractivity contribution is -0.124. The number of fused-ring (bicyclic) bond motifs is 1. The number of hydrogen-bond donors (Lipinski definition) is 1. The minimum atomic E-state index is -0.711. The first kappa shape index (κ1) is 15.4. The molecule has 0 saturated heterocycles. The molecule has 118 valence electrons. The van der Waals surface area contributed by atoms with Crippen molar-refractivity contribution in [1.29, 1.82) is 5.26 Å². The Balaban J connectivity index is 1.65. The molecule has 0 bridgehead atoms. The number of amides is 1. The van der Waals surface area contributed by atoms with Crippen LogP contribution in [0.1, 0.15) is 32.1 Å². The Kier molecular flexibility index (Phi) is 4.47. The number of benzene rings is 2. The Morgan fingerprint density at radius 3 is 2.65 bits per heavy atom. The van der Waals surface area contributed by atoms with Gasteiger partial charge in [-0.15, -0.1) is 0 Å². The summed E-state index contributed by atoms with van der Waals surface area (Å²) in [5.74, 6) is 0.453. The highest BCUT2D eigenvalue weighted by Gasteiger charge is 2.33. The average molecular weight is 308 g/mol. The lowest BCUT2D eigenvalue weighted by atomic mass is 9.83. The Hall–Kier alpha value is -2.54. The highest BCUT2D eigenvalue weighted by Crippen LogP contribution is 2.28. The molecule has 4 nitrogen and oxygen atoms in total. The van der Waals surface area contributed by atoms with Gasteiger partial charge in [0.2, 0.25) is 0 Å². The van der Waals surface area contributed by atoms with Crippen molar-refractivity contribution in [3.8, 4) is 11.8 Å². The second-order valence-corrected chi connectivity index (χ2v) is 6.07. The van der Waals surface area contributed by atoms with Crippen LogP contribution in [0.2, 0.25) is 0 Å². The number of carbonyl (C=O) groups excluding carboxylic acids is 1. The van der Waals surface area contributed by atoms with Crippen molar-refractivity contribution >= 4 is 16.7 Å². The zero-order valence-electron chi connectivity index (χ0n) is 13.0. The van der Waals surface area contributed by atoms with Crippen LogP contribution in [-0.4, -0.2) is 18.1 Å². The summed E-state index contributed by atoms with van der Waals surface area (Å²) in [6.07, 6.45) is 4.55. The van der Waals surface area contributed by atoms with Crippen LogP contribution in [0.3, 0.4) is 0 Å². The molecule has 0 spiro atoms. The zero-order chi connectivity index (χ0) is 16.1. The minimum absolute atomic E-state index is 0.0720. The van der Waals surface area contributed by atoms with E-state index in [1.807, 2.05) is 42.5 Å². The Morgan fingerprint density at radius 2 is 1.87 bits per heavy atom. The number of nitrogens with one attached hydrogen (secondary N) is 1. The van der Waals surface area contributed by atoms with E-state index in [9.17, 15) is 10.1 Å². The van der Waals surface area contributed by atoms with Gasteiger partial charge in [-0.25, -0.2) is 0 Å². The van der Waals surface area contributed by atoms with E-state index in [4.69, 9.17) is 4.74 Å². The normalized spacial score (nSPS) is 16.5. The van der Waals surface area contributed by atoms with E-state index in [0.29, 0.717) is 5.75 Å². The molecule has 0 heterocycles. The number of ether oxygens (including phenoxy) is 1. The van der Waals surface area contributed by atoms with Crippen molar-refractivity contribution in [3.63, 3.8) is 0 Å². The second-order valence-electron chi connectivity index (χ2n) is 6.07. The summed E-state index contributed by atoms with van der Waals surface area (Å²) in [6.45, 7) is -0.0720. The first-order valence-corrected chi connectivity index (χ1v) is 8.05. The van der Waals surface area contributed by atoms with Gasteiger partial charge >= 0.3 is 0 Å². The first-order valence-electron chi connectivity index (χ1n) is 8.05. The summed E-state index contributed by atoms with van der Waals surface area (Å²) in [7, 11) is 0. The van der Waals surface area contributed by atoms with Crippen molar-refractivity contribution in [3.05, 3.63) is 42.5 Å². The molecular formula is C19H20N2O2. The molecule has 3 rings (SSSR count). The van der Waals surface area contributed by atoms with Crippen molar-refractivity contribution in [1.82, 2.24) is 5.32 Å². The SMILES string of the molecule is N#CC1(NC(=O)COc2cccc3ccccc23)CCCCC1. The van der Waals surface area contributed by atoms with Crippen LogP contribution in [0.25, 0.3) is 10.8 Å². The molecule has 1 aliphatic carbocycles. The number of nitrogens with zero attached hydrogens (tertiary/aromatic N) is 1. The number of rotatable bonds is 4. The van der Waals surface area contributed by atoms with Crippen LogP contribution in [0.4, 0.5) is 0 Å². The molecule has 0 aliphatic heterocycles. The van der Waals surface area contributed by atoms with Gasteiger partial charge in [0.05, 0.1) is 6.07 Å². The van der Waals surface area contributed by atoms with E-state index < -0.39 is 5.54 Å². The van der Waals surface area contributed by atoms with E-state index in [1.54, 1.807) is 0 Å². The van der Waals surface area contributed by atoms with Gasteiger partial charge < -0.3 is 10.1 Å². The van der Waals surface area contributed by atoms with E-state index in [2.05, 4.69) is 11.4 Å². The van der Waals surface area contributed by atoms with Crippen LogP contribution in [-0.2, 0) is 4.79 Å². The Labute approximate surface area is 136 Å². The van der Waals surface area contributed by atoms with Crippen LogP contribution in [0.5, 0.6) is 5.75 Å². The fourth-order valence-corrected chi connectivity index (χ4v) is 3.19. The highest BCUT2D eigenvalue weighted by atomic mass is 16.5. The molecule has 0 radical (unpaired) electrons. The molecule has 1 saturated carbocycles. The molecule has 4 heteroatoms. The predicted octanol–water partition coefficient (Wildman–Crippen LogP) is 3.56. The lowest BCUT2D eigenvalue weighted by Crippen LogP contribution is -2.50. The highest BCUT2D eigenvalue weighted by molar-refractivity contribution is 5.88. The van der Waals surface area contributed by atoms with E-state index in [1.165, 1.54) is 0 Å². The van der Waals surface area contributed by atoms with Crippen molar-refractivity contribution < 1.29 is 9.53 Å². The number of nitriles is 1. The topological polar surface area (TPSA) is 62.1 Å². The lowest BCUT2D eigenvalue weighted by Gasteiger charge is -2.31. The fraction of sp³-hybridized carbons (Fsp3) is 0.368. The van der Waals surface area contributed by atoms with E-state index in [-0.39, 0.29) is 12.5 Å². The van der Waals surface area contributed by atoms with Gasteiger partial charge in [0.15, 0.2) is 6.61 Å². The summed E-state index contributed by atoms with van der Waals surface area (Å²) >= 11 is 0. The van der Waals surface area contributed by atoms with E-state index in [0.717, 1.165) is 42.9 Å². The summed E-state index contributed by atoms with van der Waals surface area (Å²) in [5.41, 5.74) is -0.711. The molecule has 1 fully saturated rings. The van der Waals surface area contributed by atoms with Crippen LogP contribution in [0, 0.1) is 11.3 Å². The van der Waals surface area contributed by atoms with Gasteiger partial charge in [-0.1, -0.05) is 55.7 Å². The van der Waals surface area contributed by atoms with Crippen LogP contribution in [0.15, 0.2) is 42.5 Å². The third kappa shape index (κ3) is 3.45. The maximum atomic E-state index is 12.2. The number of carbonyl (C=O) groups is 1. The maximum absolute atomic E-state index is 12.2. The summed E-state index contributed by atoms with van der Waals surface area (Å²) in [4.78, 5) is 12.2. The molecule has 2 aromatic carbocycles. The van der Waals surface area contributed by atoms with Gasteiger partial charge in [0.1, 0.15) is 11.3 Å². The van der Waals surface area contributed by atoms with Gasteiger partial charge in [-0.2, -0.15) is 5.26 Å². The Morgan fingerprint density at radius 1 is 1.13 bits per heavy atom. The average Bonchev–Trinajstić information content (AvgIpc) is 2.60. The van der Waals surface area contributed by atoms with Crippen molar-refractivity contribution in [2.75, 3.05) is 6.61 Å². The number of hydrogen-bond acceptors (Lipinski definition) is 3. The smallest absolute Gasteiger partial charge is 0.259 e. The van der Waals surface area contributed by atoms with Gasteiger partial charge in [-0.05, 0) is 24.3 Å². The van der Waals surface area contributed by atoms with Crippen molar-refractivity contribution in [2.24, 2.45) is 0 Å². The molecule has 23 heavy (non-hydrogen) atoms. The fourth-order valence-electron chi connectivity index (χ4n) is 3.19. The van der Waals surface area contributed by atoms with Crippen molar-refractivity contribution in [2.45, 2.75) is 37.6 Å². The second kappa shape index (κ2) is 6.70. The summed E-state index contributed by atoms with van der Waals surface area (Å²) < 4.78 is 5.69. The third-order valence-corrected chi connectivity index (χ3v) is 4.41. The Bertz CT molecular complexity index is 737.